The molecule has 4 rings (SSSR count). The van der Waals surface area contributed by atoms with E-state index in [4.69, 9.17) is 4.74 Å². The van der Waals surface area contributed by atoms with Gasteiger partial charge in [0.1, 0.15) is 6.61 Å². The second-order valence-corrected chi connectivity index (χ2v) is 7.89. The molecule has 0 saturated carbocycles. The van der Waals surface area contributed by atoms with Gasteiger partial charge in [0.2, 0.25) is 0 Å². The Morgan fingerprint density at radius 3 is 2.29 bits per heavy atom. The van der Waals surface area contributed by atoms with Crippen LogP contribution in [0, 0.1) is 11.8 Å². The van der Waals surface area contributed by atoms with E-state index in [0.717, 1.165) is 15.6 Å². The maximum Gasteiger partial charge on any atom is 0.407 e. The maximum absolute atomic E-state index is 12.2. The Morgan fingerprint density at radius 1 is 1.00 bits per heavy atom. The number of hydrogen-bond acceptors (Lipinski definition) is 3. The van der Waals surface area contributed by atoms with Gasteiger partial charge in [-0.2, -0.15) is 0 Å². The van der Waals surface area contributed by atoms with Crippen molar-refractivity contribution in [1.29, 1.82) is 0 Å². The number of carboxylic acid groups (broad SMARTS) is 1. The minimum absolute atomic E-state index is 0.0102. The first-order chi connectivity index (χ1) is 15.0. The van der Waals surface area contributed by atoms with Gasteiger partial charge in [0.25, 0.3) is 0 Å². The predicted molar refractivity (Wildman–Crippen MR) is 121 cm³/mol. The summed E-state index contributed by atoms with van der Waals surface area (Å²) in [5, 5.41) is 11.8. The fourth-order valence-electron chi connectivity index (χ4n) is 3.71. The van der Waals surface area contributed by atoms with Crippen LogP contribution in [0.4, 0.5) is 4.79 Å². The Hall–Kier alpha value is -3.56. The zero-order chi connectivity index (χ0) is 21.8. The highest BCUT2D eigenvalue weighted by atomic mass is 79.9. The first kappa shape index (κ1) is 20.7. The van der Waals surface area contributed by atoms with Crippen molar-refractivity contribution < 1.29 is 19.4 Å². The van der Waals surface area contributed by atoms with Crippen LogP contribution in [0.15, 0.2) is 71.2 Å². The van der Waals surface area contributed by atoms with Crippen molar-refractivity contribution in [2.45, 2.75) is 5.92 Å². The lowest BCUT2D eigenvalue weighted by Crippen LogP contribution is -2.26. The number of amides is 1. The number of carboxylic acids is 1. The third-order valence-corrected chi connectivity index (χ3v) is 5.59. The molecule has 0 bridgehead atoms. The zero-order valence-corrected chi connectivity index (χ0v) is 18.0. The Bertz CT molecular complexity index is 1180. The summed E-state index contributed by atoms with van der Waals surface area (Å²) in [5.74, 6) is 4.49. The van der Waals surface area contributed by atoms with E-state index in [0.29, 0.717) is 5.56 Å². The summed E-state index contributed by atoms with van der Waals surface area (Å²) in [6.07, 6.45) is -0.566. The fourth-order valence-corrected chi connectivity index (χ4v) is 4.07. The monoisotopic (exact) mass is 475 g/mol. The van der Waals surface area contributed by atoms with Gasteiger partial charge in [-0.05, 0) is 40.5 Å². The molecule has 1 amide bonds. The van der Waals surface area contributed by atoms with E-state index in [-0.39, 0.29) is 24.6 Å². The van der Waals surface area contributed by atoms with E-state index < -0.39 is 12.1 Å². The number of ether oxygens (including phenoxy) is 1. The molecule has 0 atom stereocenters. The Kier molecular flexibility index (Phi) is 6.06. The number of halogens is 1. The Morgan fingerprint density at radius 2 is 1.65 bits per heavy atom. The molecule has 0 fully saturated rings. The van der Waals surface area contributed by atoms with Crippen molar-refractivity contribution in [2.75, 3.05) is 13.2 Å². The molecular weight excluding hydrogens is 458 g/mol. The third kappa shape index (κ3) is 4.47. The second-order valence-electron chi connectivity index (χ2n) is 6.98. The van der Waals surface area contributed by atoms with E-state index in [1.54, 1.807) is 12.1 Å². The molecule has 6 heteroatoms. The zero-order valence-electron chi connectivity index (χ0n) is 16.4. The van der Waals surface area contributed by atoms with Crippen LogP contribution in [0.1, 0.15) is 33.0 Å². The number of carbonyl (C=O) groups excluding carboxylic acids is 1. The Balaban J connectivity index is 1.37. The molecule has 0 heterocycles. The summed E-state index contributed by atoms with van der Waals surface area (Å²) in [5.41, 5.74) is 5.11. The number of rotatable bonds is 4. The van der Waals surface area contributed by atoms with Crippen LogP contribution in [-0.2, 0) is 4.74 Å². The van der Waals surface area contributed by atoms with Crippen molar-refractivity contribution >= 4 is 28.0 Å². The number of aromatic carboxylic acids is 1. The van der Waals surface area contributed by atoms with Gasteiger partial charge in [-0.15, -0.1) is 0 Å². The van der Waals surface area contributed by atoms with Crippen molar-refractivity contribution in [1.82, 2.24) is 5.32 Å². The van der Waals surface area contributed by atoms with Crippen LogP contribution < -0.4 is 5.32 Å². The van der Waals surface area contributed by atoms with Crippen LogP contribution in [0.5, 0.6) is 0 Å². The fraction of sp³-hybridized carbons (Fsp3) is 0.120. The number of alkyl carbamates (subject to hydrolysis) is 1. The molecule has 0 spiro atoms. The largest absolute Gasteiger partial charge is 0.478 e. The lowest BCUT2D eigenvalue weighted by atomic mass is 9.98. The average molecular weight is 476 g/mol. The minimum Gasteiger partial charge on any atom is -0.478 e. The summed E-state index contributed by atoms with van der Waals surface area (Å²) < 4.78 is 6.18. The lowest BCUT2D eigenvalue weighted by Gasteiger charge is -2.14. The molecule has 3 aromatic carbocycles. The standard InChI is InChI=1S/C25H18BrNO4/c26-17-11-12-18(24(28)29)16(14-17)6-5-13-27-25(30)31-15-23-21-9-3-1-7-19(21)20-8-2-4-10-22(20)23/h1-4,7-12,14,23H,13,15H2,(H,27,30)(H,28,29). The van der Waals surface area contributed by atoms with Gasteiger partial charge in [-0.3, -0.25) is 0 Å². The molecule has 0 aliphatic heterocycles. The summed E-state index contributed by atoms with van der Waals surface area (Å²) in [4.78, 5) is 23.4. The van der Waals surface area contributed by atoms with Crippen molar-refractivity contribution in [3.8, 4) is 23.0 Å². The minimum atomic E-state index is -1.05. The molecule has 31 heavy (non-hydrogen) atoms. The summed E-state index contributed by atoms with van der Waals surface area (Å²) >= 11 is 3.30. The second kappa shape index (κ2) is 9.07. The van der Waals surface area contributed by atoms with Crippen LogP contribution in [-0.4, -0.2) is 30.3 Å². The lowest BCUT2D eigenvalue weighted by molar-refractivity contribution is 0.0696. The van der Waals surface area contributed by atoms with Crippen molar-refractivity contribution in [2.24, 2.45) is 0 Å². The van der Waals surface area contributed by atoms with E-state index in [9.17, 15) is 14.7 Å². The van der Waals surface area contributed by atoms with Crippen molar-refractivity contribution in [3.63, 3.8) is 0 Å². The van der Waals surface area contributed by atoms with Gasteiger partial charge in [0.05, 0.1) is 12.1 Å². The van der Waals surface area contributed by atoms with Crippen molar-refractivity contribution in [3.05, 3.63) is 93.5 Å². The average Bonchev–Trinajstić information content (AvgIpc) is 3.09. The smallest absolute Gasteiger partial charge is 0.407 e. The van der Waals surface area contributed by atoms with Gasteiger partial charge in [-0.1, -0.05) is 76.3 Å². The predicted octanol–water partition coefficient (Wildman–Crippen LogP) is 5.04. The number of fused-ring (bicyclic) bond motifs is 3. The van der Waals surface area contributed by atoms with Crippen LogP contribution in [0.25, 0.3) is 11.1 Å². The van der Waals surface area contributed by atoms with Gasteiger partial charge in [0, 0.05) is 16.0 Å². The maximum atomic E-state index is 12.2. The van der Waals surface area contributed by atoms with E-state index >= 15 is 0 Å². The van der Waals surface area contributed by atoms with E-state index in [2.05, 4.69) is 57.4 Å². The quantitative estimate of drug-likeness (QED) is 0.518. The summed E-state index contributed by atoms with van der Waals surface area (Å²) in [6, 6.07) is 21.0. The SMILES string of the molecule is O=C(NCC#Cc1cc(Br)ccc1C(=O)O)OCC1c2ccccc2-c2ccccc21. The molecule has 154 valence electrons. The molecule has 2 N–H and O–H groups in total. The summed E-state index contributed by atoms with van der Waals surface area (Å²) in [7, 11) is 0. The topological polar surface area (TPSA) is 75.6 Å². The molecule has 1 aliphatic rings. The van der Waals surface area contributed by atoms with Crippen LogP contribution in [0.2, 0.25) is 0 Å². The molecule has 0 unspecified atom stereocenters. The number of carbonyl (C=O) groups is 2. The molecule has 5 nitrogen and oxygen atoms in total. The highest BCUT2D eigenvalue weighted by molar-refractivity contribution is 9.10. The van der Waals surface area contributed by atoms with Crippen LogP contribution >= 0.6 is 15.9 Å². The number of benzene rings is 3. The highest BCUT2D eigenvalue weighted by Crippen LogP contribution is 2.44. The molecule has 3 aromatic rings. The Labute approximate surface area is 188 Å². The van der Waals surface area contributed by atoms with Gasteiger partial charge >= 0.3 is 12.1 Å². The van der Waals surface area contributed by atoms with Gasteiger partial charge in [0.15, 0.2) is 0 Å². The molecule has 1 aliphatic carbocycles. The van der Waals surface area contributed by atoms with E-state index in [1.165, 1.54) is 17.2 Å². The number of nitrogens with one attached hydrogen (secondary N) is 1. The van der Waals surface area contributed by atoms with E-state index in [1.807, 2.05) is 24.3 Å². The molecule has 0 saturated heterocycles. The van der Waals surface area contributed by atoms with Gasteiger partial charge in [-0.25, -0.2) is 9.59 Å². The summed E-state index contributed by atoms with van der Waals surface area (Å²) in [6.45, 7) is 0.268. The highest BCUT2D eigenvalue weighted by Gasteiger charge is 2.28. The third-order valence-electron chi connectivity index (χ3n) is 5.10. The normalized spacial score (nSPS) is 11.6. The first-order valence-corrected chi connectivity index (χ1v) is 10.4. The van der Waals surface area contributed by atoms with Crippen LogP contribution in [0.3, 0.4) is 0 Å². The molecular formula is C25H18BrNO4. The first-order valence-electron chi connectivity index (χ1n) is 9.65. The molecule has 0 aromatic heterocycles. The number of hydrogen-bond donors (Lipinski definition) is 2. The van der Waals surface area contributed by atoms with Gasteiger partial charge < -0.3 is 15.2 Å². The molecule has 0 radical (unpaired) electrons.